The van der Waals surface area contributed by atoms with E-state index in [1.807, 2.05) is 0 Å². The third-order valence-corrected chi connectivity index (χ3v) is 3.86. The van der Waals surface area contributed by atoms with Crippen molar-refractivity contribution in [2.45, 2.75) is 50.9 Å². The van der Waals surface area contributed by atoms with Gasteiger partial charge in [0.15, 0.2) is 0 Å². The lowest BCUT2D eigenvalue weighted by molar-refractivity contribution is -0.133. The Morgan fingerprint density at radius 2 is 1.95 bits per heavy atom. The molecular formula is C16H24N2O3. The molecule has 116 valence electrons. The van der Waals surface area contributed by atoms with Crippen LogP contribution in [0.15, 0.2) is 24.3 Å². The van der Waals surface area contributed by atoms with Crippen LogP contribution in [0.1, 0.15) is 32.6 Å². The van der Waals surface area contributed by atoms with Crippen LogP contribution in [-0.4, -0.2) is 31.3 Å². The van der Waals surface area contributed by atoms with Crippen molar-refractivity contribution in [3.05, 3.63) is 24.3 Å². The molecule has 1 aromatic carbocycles. The number of nitrogens with one attached hydrogen (secondary N) is 1. The highest BCUT2D eigenvalue weighted by Crippen LogP contribution is 2.24. The van der Waals surface area contributed by atoms with Crippen molar-refractivity contribution < 1.29 is 14.3 Å². The molecule has 21 heavy (non-hydrogen) atoms. The topological polar surface area (TPSA) is 73.6 Å². The Hall–Kier alpha value is -1.59. The lowest BCUT2D eigenvalue weighted by Crippen LogP contribution is -2.35. The monoisotopic (exact) mass is 292 g/mol. The molecule has 1 aromatic rings. The summed E-state index contributed by atoms with van der Waals surface area (Å²) in [5.41, 5.74) is 7.01. The molecule has 0 saturated heterocycles. The molecule has 1 amide bonds. The number of amides is 1. The Kier molecular flexibility index (Phi) is 5.59. The van der Waals surface area contributed by atoms with Crippen LogP contribution in [0.4, 0.5) is 11.4 Å². The van der Waals surface area contributed by atoms with Crippen molar-refractivity contribution in [1.29, 1.82) is 0 Å². The smallest absolute Gasteiger partial charge is 0.253 e. The Morgan fingerprint density at radius 1 is 1.29 bits per heavy atom. The molecule has 1 fully saturated rings. The fourth-order valence-corrected chi connectivity index (χ4v) is 2.60. The zero-order valence-electron chi connectivity index (χ0n) is 12.7. The number of rotatable bonds is 5. The van der Waals surface area contributed by atoms with Crippen LogP contribution in [0.3, 0.4) is 0 Å². The molecule has 0 aliphatic heterocycles. The predicted octanol–water partition coefficient (Wildman–Crippen LogP) is 2.57. The maximum atomic E-state index is 12.1. The summed E-state index contributed by atoms with van der Waals surface area (Å²) >= 11 is 0. The van der Waals surface area contributed by atoms with Crippen LogP contribution in [0, 0.1) is 0 Å². The third-order valence-electron chi connectivity index (χ3n) is 3.86. The molecule has 1 aliphatic carbocycles. The zero-order valence-corrected chi connectivity index (χ0v) is 12.7. The summed E-state index contributed by atoms with van der Waals surface area (Å²) in [7, 11) is 1.73. The van der Waals surface area contributed by atoms with E-state index in [1.54, 1.807) is 38.3 Å². The molecule has 5 heteroatoms. The van der Waals surface area contributed by atoms with Gasteiger partial charge in [0.1, 0.15) is 6.10 Å². The summed E-state index contributed by atoms with van der Waals surface area (Å²) in [5.74, 6) is -0.140. The molecule has 3 N–H and O–H groups in total. The lowest BCUT2D eigenvalue weighted by Gasteiger charge is -2.30. The Morgan fingerprint density at radius 3 is 2.62 bits per heavy atom. The maximum Gasteiger partial charge on any atom is 0.253 e. The van der Waals surface area contributed by atoms with Gasteiger partial charge in [-0.15, -0.1) is 0 Å². The van der Waals surface area contributed by atoms with Crippen LogP contribution < -0.4 is 11.1 Å². The number of carbonyl (C=O) groups excluding carboxylic acids is 1. The van der Waals surface area contributed by atoms with Crippen molar-refractivity contribution >= 4 is 17.3 Å². The summed E-state index contributed by atoms with van der Waals surface area (Å²) in [5, 5.41) is 2.83. The van der Waals surface area contributed by atoms with Crippen molar-refractivity contribution in [3.63, 3.8) is 0 Å². The van der Waals surface area contributed by atoms with Gasteiger partial charge in [0.25, 0.3) is 5.91 Å². The van der Waals surface area contributed by atoms with Gasteiger partial charge in [-0.25, -0.2) is 0 Å². The molecule has 0 spiro atoms. The first kappa shape index (κ1) is 15.8. The van der Waals surface area contributed by atoms with Gasteiger partial charge in [-0.3, -0.25) is 4.79 Å². The van der Waals surface area contributed by atoms with E-state index in [-0.39, 0.29) is 18.1 Å². The first-order valence-electron chi connectivity index (χ1n) is 7.43. The van der Waals surface area contributed by atoms with Crippen LogP contribution in [0.25, 0.3) is 0 Å². The Bertz CT molecular complexity index is 461. The van der Waals surface area contributed by atoms with Gasteiger partial charge in [-0.1, -0.05) is 0 Å². The van der Waals surface area contributed by atoms with Gasteiger partial charge < -0.3 is 20.5 Å². The Balaban J connectivity index is 1.83. The lowest BCUT2D eigenvalue weighted by atomic mass is 9.95. The number of nitrogens with two attached hydrogens (primary N) is 1. The molecular weight excluding hydrogens is 268 g/mol. The molecule has 0 aromatic heterocycles. The number of carbonyl (C=O) groups is 1. The van der Waals surface area contributed by atoms with E-state index in [1.165, 1.54) is 0 Å². The van der Waals surface area contributed by atoms with Gasteiger partial charge in [-0.05, 0) is 56.9 Å². The predicted molar refractivity (Wildman–Crippen MR) is 83.1 cm³/mol. The molecule has 1 aliphatic rings. The number of hydrogen-bond acceptors (Lipinski definition) is 4. The molecule has 3 atom stereocenters. The first-order valence-corrected chi connectivity index (χ1v) is 7.43. The Labute approximate surface area is 125 Å². The highest BCUT2D eigenvalue weighted by atomic mass is 16.5. The number of nitrogen functional groups attached to an aromatic ring is 1. The number of benzene rings is 1. The van der Waals surface area contributed by atoms with Crippen LogP contribution in [0.5, 0.6) is 0 Å². The average Bonchev–Trinajstić information content (AvgIpc) is 2.49. The second-order valence-electron chi connectivity index (χ2n) is 5.54. The standard InChI is InChI=1S/C16H24N2O3/c1-11(21-15-5-3-4-14(10-15)20-2)16(19)18-13-8-6-12(17)7-9-13/h6-9,11,14-15H,3-5,10,17H2,1-2H3,(H,18,19). The summed E-state index contributed by atoms with van der Waals surface area (Å²) < 4.78 is 11.2. The summed E-state index contributed by atoms with van der Waals surface area (Å²) in [6, 6.07) is 7.07. The van der Waals surface area contributed by atoms with E-state index in [2.05, 4.69) is 5.32 Å². The fraction of sp³-hybridized carbons (Fsp3) is 0.562. The fourth-order valence-electron chi connectivity index (χ4n) is 2.60. The van der Waals surface area contributed by atoms with Gasteiger partial charge in [-0.2, -0.15) is 0 Å². The van der Waals surface area contributed by atoms with E-state index >= 15 is 0 Å². The van der Waals surface area contributed by atoms with Crippen molar-refractivity contribution in [2.75, 3.05) is 18.2 Å². The number of ether oxygens (including phenoxy) is 2. The van der Waals surface area contributed by atoms with E-state index in [9.17, 15) is 4.79 Å². The van der Waals surface area contributed by atoms with Crippen molar-refractivity contribution in [3.8, 4) is 0 Å². The first-order chi connectivity index (χ1) is 10.1. The minimum Gasteiger partial charge on any atom is -0.399 e. The average molecular weight is 292 g/mol. The molecule has 0 heterocycles. The van der Waals surface area contributed by atoms with E-state index < -0.39 is 6.10 Å². The number of hydrogen-bond donors (Lipinski definition) is 2. The van der Waals surface area contributed by atoms with E-state index in [0.29, 0.717) is 5.69 Å². The normalized spacial score (nSPS) is 23.5. The second kappa shape index (κ2) is 7.43. The van der Waals surface area contributed by atoms with Crippen LogP contribution >= 0.6 is 0 Å². The second-order valence-corrected chi connectivity index (χ2v) is 5.54. The van der Waals surface area contributed by atoms with Gasteiger partial charge in [0, 0.05) is 18.5 Å². The number of methoxy groups -OCH3 is 1. The summed E-state index contributed by atoms with van der Waals surface area (Å²) in [6.07, 6.45) is 3.85. The molecule has 3 unspecified atom stereocenters. The van der Waals surface area contributed by atoms with Gasteiger partial charge >= 0.3 is 0 Å². The van der Waals surface area contributed by atoms with Crippen molar-refractivity contribution in [1.82, 2.24) is 0 Å². The van der Waals surface area contributed by atoms with Crippen LogP contribution in [-0.2, 0) is 14.3 Å². The third kappa shape index (κ3) is 4.72. The minimum absolute atomic E-state index is 0.0934. The van der Waals surface area contributed by atoms with E-state index in [4.69, 9.17) is 15.2 Å². The summed E-state index contributed by atoms with van der Waals surface area (Å²) in [4.78, 5) is 12.1. The van der Waals surface area contributed by atoms with Crippen LogP contribution in [0.2, 0.25) is 0 Å². The molecule has 2 rings (SSSR count). The van der Waals surface area contributed by atoms with Crippen molar-refractivity contribution in [2.24, 2.45) is 0 Å². The zero-order chi connectivity index (χ0) is 15.2. The molecule has 0 bridgehead atoms. The molecule has 0 radical (unpaired) electrons. The quantitative estimate of drug-likeness (QED) is 0.818. The highest BCUT2D eigenvalue weighted by Gasteiger charge is 2.26. The van der Waals surface area contributed by atoms with E-state index in [0.717, 1.165) is 31.4 Å². The highest BCUT2D eigenvalue weighted by molar-refractivity contribution is 5.94. The van der Waals surface area contributed by atoms with Gasteiger partial charge in [0.2, 0.25) is 0 Å². The molecule has 5 nitrogen and oxygen atoms in total. The minimum atomic E-state index is -0.483. The largest absolute Gasteiger partial charge is 0.399 e. The SMILES string of the molecule is COC1CCCC(OC(C)C(=O)Nc2ccc(N)cc2)C1. The van der Waals surface area contributed by atoms with Gasteiger partial charge in [0.05, 0.1) is 12.2 Å². The summed E-state index contributed by atoms with van der Waals surface area (Å²) in [6.45, 7) is 1.78. The maximum absolute atomic E-state index is 12.1. The molecule has 1 saturated carbocycles. The number of anilines is 2.